The van der Waals surface area contributed by atoms with Crippen molar-refractivity contribution in [2.45, 2.75) is 53.1 Å². The second-order valence-electron chi connectivity index (χ2n) is 5.83. The van der Waals surface area contributed by atoms with Gasteiger partial charge in [-0.25, -0.2) is 0 Å². The van der Waals surface area contributed by atoms with Crippen molar-refractivity contribution in [3.63, 3.8) is 0 Å². The van der Waals surface area contributed by atoms with Crippen molar-refractivity contribution in [2.75, 3.05) is 6.54 Å². The van der Waals surface area contributed by atoms with E-state index >= 15 is 0 Å². The maximum atomic E-state index is 10.9. The van der Waals surface area contributed by atoms with Gasteiger partial charge in [0, 0.05) is 36.3 Å². The summed E-state index contributed by atoms with van der Waals surface area (Å²) in [7, 11) is 0. The Balaban J connectivity index is 3.01. The molecule has 0 amide bonds. The predicted molar refractivity (Wildman–Crippen MR) is 87.7 cm³/mol. The molecule has 4 nitrogen and oxygen atoms in total. The molecule has 0 aromatic heterocycles. The number of rotatable bonds is 8. The topological polar surface area (TPSA) is 46.4 Å². The highest BCUT2D eigenvalue weighted by molar-refractivity contribution is 6.31. The summed E-state index contributed by atoms with van der Waals surface area (Å²) < 4.78 is 0. The number of non-ortho nitro benzene ring substituents is 1. The minimum absolute atomic E-state index is 0.100. The molecule has 0 aliphatic carbocycles. The average Bonchev–Trinajstić information content (AvgIpc) is 2.41. The molecule has 0 N–H and O–H groups in total. The average molecular weight is 313 g/mol. The SMILES string of the molecule is CCC(CC)N(Cc1cc([N+](=O)[O-])ccc1Cl)CC(C)C. The van der Waals surface area contributed by atoms with Crippen molar-refractivity contribution in [2.24, 2.45) is 5.92 Å². The minimum Gasteiger partial charge on any atom is -0.296 e. The second kappa shape index (κ2) is 8.35. The van der Waals surface area contributed by atoms with Crippen LogP contribution in [0.5, 0.6) is 0 Å². The van der Waals surface area contributed by atoms with Crippen LogP contribution in [0.4, 0.5) is 5.69 Å². The summed E-state index contributed by atoms with van der Waals surface area (Å²) in [6, 6.07) is 5.14. The summed E-state index contributed by atoms with van der Waals surface area (Å²) >= 11 is 6.22. The van der Waals surface area contributed by atoms with Crippen molar-refractivity contribution in [3.8, 4) is 0 Å². The maximum Gasteiger partial charge on any atom is 0.269 e. The summed E-state index contributed by atoms with van der Waals surface area (Å²) in [6.07, 6.45) is 2.13. The Morgan fingerprint density at radius 1 is 1.29 bits per heavy atom. The number of hydrogen-bond acceptors (Lipinski definition) is 3. The Labute approximate surface area is 132 Å². The van der Waals surface area contributed by atoms with Crippen LogP contribution in [0.3, 0.4) is 0 Å². The molecule has 0 aliphatic heterocycles. The van der Waals surface area contributed by atoms with E-state index in [2.05, 4.69) is 32.6 Å². The van der Waals surface area contributed by atoms with Crippen molar-refractivity contribution in [3.05, 3.63) is 38.9 Å². The van der Waals surface area contributed by atoms with Crippen LogP contribution in [0.1, 0.15) is 46.1 Å². The Bertz CT molecular complexity index is 473. The molecule has 1 aromatic carbocycles. The van der Waals surface area contributed by atoms with E-state index in [9.17, 15) is 10.1 Å². The standard InChI is InChI=1S/C16H25ClN2O2/c1-5-14(6-2)18(10-12(3)4)11-13-9-15(19(20)21)7-8-16(13)17/h7-9,12,14H,5-6,10-11H2,1-4H3. The quantitative estimate of drug-likeness (QED) is 0.507. The molecule has 0 unspecified atom stereocenters. The molecular weight excluding hydrogens is 288 g/mol. The number of hydrogen-bond donors (Lipinski definition) is 0. The van der Waals surface area contributed by atoms with Crippen molar-refractivity contribution in [1.29, 1.82) is 0 Å². The fraction of sp³-hybridized carbons (Fsp3) is 0.625. The van der Waals surface area contributed by atoms with Gasteiger partial charge in [-0.2, -0.15) is 0 Å². The van der Waals surface area contributed by atoms with Gasteiger partial charge in [-0.05, 0) is 30.4 Å². The zero-order chi connectivity index (χ0) is 16.0. The number of halogens is 1. The van der Waals surface area contributed by atoms with Crippen LogP contribution in [-0.4, -0.2) is 22.4 Å². The molecule has 0 fully saturated rings. The molecule has 21 heavy (non-hydrogen) atoms. The molecule has 0 bridgehead atoms. The van der Waals surface area contributed by atoms with Crippen LogP contribution in [-0.2, 0) is 6.54 Å². The zero-order valence-corrected chi connectivity index (χ0v) is 14.1. The van der Waals surface area contributed by atoms with Crippen LogP contribution in [0, 0.1) is 16.0 Å². The highest BCUT2D eigenvalue weighted by atomic mass is 35.5. The summed E-state index contributed by atoms with van der Waals surface area (Å²) in [5.41, 5.74) is 0.932. The lowest BCUT2D eigenvalue weighted by molar-refractivity contribution is -0.384. The van der Waals surface area contributed by atoms with E-state index in [0.29, 0.717) is 23.5 Å². The molecule has 0 atom stereocenters. The normalized spacial score (nSPS) is 11.6. The number of nitro benzene ring substituents is 1. The molecule has 5 heteroatoms. The van der Waals surface area contributed by atoms with Gasteiger partial charge in [0.05, 0.1) is 4.92 Å². The van der Waals surface area contributed by atoms with Crippen LogP contribution in [0.2, 0.25) is 5.02 Å². The van der Waals surface area contributed by atoms with Gasteiger partial charge in [-0.3, -0.25) is 15.0 Å². The summed E-state index contributed by atoms with van der Waals surface area (Å²) in [6.45, 7) is 10.3. The van der Waals surface area contributed by atoms with Crippen LogP contribution >= 0.6 is 11.6 Å². The number of nitrogens with zero attached hydrogens (tertiary/aromatic N) is 2. The minimum atomic E-state index is -0.371. The highest BCUT2D eigenvalue weighted by Gasteiger charge is 2.19. The third-order valence-corrected chi connectivity index (χ3v) is 4.04. The van der Waals surface area contributed by atoms with E-state index in [4.69, 9.17) is 11.6 Å². The fourth-order valence-electron chi connectivity index (χ4n) is 2.63. The van der Waals surface area contributed by atoms with E-state index in [1.165, 1.54) is 6.07 Å². The van der Waals surface area contributed by atoms with Crippen molar-refractivity contribution >= 4 is 17.3 Å². The smallest absolute Gasteiger partial charge is 0.269 e. The summed E-state index contributed by atoms with van der Waals surface area (Å²) in [4.78, 5) is 12.9. The largest absolute Gasteiger partial charge is 0.296 e. The number of benzene rings is 1. The first-order chi connectivity index (χ1) is 9.88. The Morgan fingerprint density at radius 2 is 1.90 bits per heavy atom. The van der Waals surface area contributed by atoms with Gasteiger partial charge >= 0.3 is 0 Å². The molecule has 118 valence electrons. The molecule has 0 aliphatic rings. The molecular formula is C16H25ClN2O2. The van der Waals surface area contributed by atoms with Gasteiger partial charge < -0.3 is 0 Å². The lowest BCUT2D eigenvalue weighted by Gasteiger charge is -2.32. The molecule has 0 radical (unpaired) electrons. The second-order valence-corrected chi connectivity index (χ2v) is 6.23. The predicted octanol–water partition coefficient (Wildman–Crippen LogP) is 4.89. The maximum absolute atomic E-state index is 10.9. The van der Waals surface area contributed by atoms with Gasteiger partial charge in [0.25, 0.3) is 5.69 Å². The van der Waals surface area contributed by atoms with E-state index < -0.39 is 0 Å². The highest BCUT2D eigenvalue weighted by Crippen LogP contribution is 2.25. The van der Waals surface area contributed by atoms with Crippen LogP contribution in [0.25, 0.3) is 0 Å². The van der Waals surface area contributed by atoms with E-state index in [0.717, 1.165) is 24.9 Å². The monoisotopic (exact) mass is 312 g/mol. The molecule has 1 rings (SSSR count). The molecule has 0 spiro atoms. The molecule has 0 saturated carbocycles. The molecule has 0 saturated heterocycles. The van der Waals surface area contributed by atoms with Gasteiger partial charge in [0.1, 0.15) is 0 Å². The fourth-order valence-corrected chi connectivity index (χ4v) is 2.81. The van der Waals surface area contributed by atoms with E-state index in [-0.39, 0.29) is 10.6 Å². The lowest BCUT2D eigenvalue weighted by Crippen LogP contribution is -2.36. The van der Waals surface area contributed by atoms with Crippen molar-refractivity contribution in [1.82, 2.24) is 4.90 Å². The molecule has 1 aromatic rings. The Morgan fingerprint density at radius 3 is 2.38 bits per heavy atom. The van der Waals surface area contributed by atoms with Gasteiger partial charge in [-0.1, -0.05) is 39.3 Å². The Hall–Kier alpha value is -1.13. The Kier molecular flexibility index (Phi) is 7.12. The molecule has 0 heterocycles. The van der Waals surface area contributed by atoms with E-state index in [1.807, 2.05) is 0 Å². The zero-order valence-electron chi connectivity index (χ0n) is 13.3. The van der Waals surface area contributed by atoms with Gasteiger partial charge in [-0.15, -0.1) is 0 Å². The van der Waals surface area contributed by atoms with Gasteiger partial charge in [0.15, 0.2) is 0 Å². The third-order valence-electron chi connectivity index (χ3n) is 3.67. The first-order valence-electron chi connectivity index (χ1n) is 7.55. The van der Waals surface area contributed by atoms with E-state index in [1.54, 1.807) is 12.1 Å². The van der Waals surface area contributed by atoms with Crippen LogP contribution < -0.4 is 0 Å². The first kappa shape index (κ1) is 17.9. The lowest BCUT2D eigenvalue weighted by atomic mass is 10.1. The summed E-state index contributed by atoms with van der Waals surface area (Å²) in [5, 5.41) is 11.5. The first-order valence-corrected chi connectivity index (χ1v) is 7.93. The van der Waals surface area contributed by atoms with Crippen molar-refractivity contribution < 1.29 is 4.92 Å². The third kappa shape index (κ3) is 5.29. The van der Waals surface area contributed by atoms with Gasteiger partial charge in [0.2, 0.25) is 0 Å². The summed E-state index contributed by atoms with van der Waals surface area (Å²) in [5.74, 6) is 0.545. The van der Waals surface area contributed by atoms with Crippen LogP contribution in [0.15, 0.2) is 18.2 Å². The number of nitro groups is 1.